The van der Waals surface area contributed by atoms with Gasteiger partial charge in [0.15, 0.2) is 11.5 Å². The Bertz CT molecular complexity index is 955. The minimum atomic E-state index is -0.386. The standard InChI is InChI=1S/C18H16N4O5/c1-24-13-5-3-12(4-6-13)20-18(23)19-9-16-21-17(22-27-16)11-2-7-14-15(8-11)26-10-25-14/h2-8H,9-10H2,1H3,(H2,19,20,23). The molecular weight excluding hydrogens is 352 g/mol. The zero-order chi connectivity index (χ0) is 18.6. The van der Waals surface area contributed by atoms with Gasteiger partial charge in [0.1, 0.15) is 5.75 Å². The van der Waals surface area contributed by atoms with Crippen molar-refractivity contribution in [2.45, 2.75) is 6.54 Å². The predicted octanol–water partition coefficient (Wildman–Crippen LogP) is 2.80. The van der Waals surface area contributed by atoms with Crippen molar-refractivity contribution >= 4 is 11.7 Å². The molecule has 1 aliphatic rings. The first kappa shape index (κ1) is 16.7. The second-order valence-corrected chi connectivity index (χ2v) is 5.62. The summed E-state index contributed by atoms with van der Waals surface area (Å²) in [7, 11) is 1.58. The van der Waals surface area contributed by atoms with E-state index in [0.717, 1.165) is 5.56 Å². The highest BCUT2D eigenvalue weighted by Gasteiger charge is 2.16. The molecule has 3 aromatic rings. The maximum Gasteiger partial charge on any atom is 0.319 e. The predicted molar refractivity (Wildman–Crippen MR) is 94.7 cm³/mol. The molecule has 0 aliphatic carbocycles. The van der Waals surface area contributed by atoms with Crippen LogP contribution in [0, 0.1) is 0 Å². The number of aromatic nitrogens is 2. The second-order valence-electron chi connectivity index (χ2n) is 5.62. The number of benzene rings is 2. The average molecular weight is 368 g/mol. The number of nitrogens with one attached hydrogen (secondary N) is 2. The Hall–Kier alpha value is -3.75. The van der Waals surface area contributed by atoms with E-state index >= 15 is 0 Å². The fraction of sp³-hybridized carbons (Fsp3) is 0.167. The van der Waals surface area contributed by atoms with Gasteiger partial charge < -0.3 is 29.4 Å². The fourth-order valence-corrected chi connectivity index (χ4v) is 2.49. The van der Waals surface area contributed by atoms with Crippen molar-refractivity contribution in [1.82, 2.24) is 15.5 Å². The SMILES string of the molecule is COc1ccc(NC(=O)NCc2nc(-c3ccc4c(c3)OCO4)no2)cc1. The van der Waals surface area contributed by atoms with Gasteiger partial charge in [0.25, 0.3) is 0 Å². The second kappa shape index (κ2) is 7.24. The Kier molecular flexibility index (Phi) is 4.48. The van der Waals surface area contributed by atoms with Crippen LogP contribution in [0.4, 0.5) is 10.5 Å². The van der Waals surface area contributed by atoms with Gasteiger partial charge >= 0.3 is 6.03 Å². The van der Waals surface area contributed by atoms with E-state index in [4.69, 9.17) is 18.7 Å². The van der Waals surface area contributed by atoms with Crippen molar-refractivity contribution in [1.29, 1.82) is 0 Å². The summed E-state index contributed by atoms with van der Waals surface area (Å²) in [6.45, 7) is 0.295. The number of urea groups is 1. The molecule has 0 radical (unpaired) electrons. The van der Waals surface area contributed by atoms with Gasteiger partial charge in [-0.25, -0.2) is 4.79 Å². The maximum absolute atomic E-state index is 12.0. The molecule has 2 amide bonds. The van der Waals surface area contributed by atoms with Gasteiger partial charge in [0, 0.05) is 11.3 Å². The molecule has 9 heteroatoms. The highest BCUT2D eigenvalue weighted by molar-refractivity contribution is 5.89. The van der Waals surface area contributed by atoms with Gasteiger partial charge in [-0.3, -0.25) is 0 Å². The van der Waals surface area contributed by atoms with Gasteiger partial charge in [-0.1, -0.05) is 5.16 Å². The Morgan fingerprint density at radius 3 is 2.78 bits per heavy atom. The Morgan fingerprint density at radius 2 is 1.96 bits per heavy atom. The number of fused-ring (bicyclic) bond motifs is 1. The molecule has 0 saturated heterocycles. The lowest BCUT2D eigenvalue weighted by Crippen LogP contribution is -2.28. The van der Waals surface area contributed by atoms with Gasteiger partial charge in [-0.2, -0.15) is 4.98 Å². The van der Waals surface area contributed by atoms with Crippen molar-refractivity contribution in [3.8, 4) is 28.6 Å². The van der Waals surface area contributed by atoms with Crippen LogP contribution in [-0.4, -0.2) is 30.1 Å². The van der Waals surface area contributed by atoms with Crippen LogP contribution in [0.15, 0.2) is 47.0 Å². The molecule has 1 aromatic heterocycles. The summed E-state index contributed by atoms with van der Waals surface area (Å²) in [5.74, 6) is 2.71. The number of ether oxygens (including phenoxy) is 3. The molecule has 0 unspecified atom stereocenters. The minimum absolute atomic E-state index is 0.0968. The normalized spacial score (nSPS) is 11.9. The molecule has 2 heterocycles. The van der Waals surface area contributed by atoms with Crippen molar-refractivity contribution in [3.63, 3.8) is 0 Å². The van der Waals surface area contributed by atoms with Crippen LogP contribution in [-0.2, 0) is 6.54 Å². The lowest BCUT2D eigenvalue weighted by atomic mass is 10.2. The molecule has 0 atom stereocenters. The monoisotopic (exact) mass is 368 g/mol. The van der Waals surface area contributed by atoms with Gasteiger partial charge in [0.05, 0.1) is 13.7 Å². The van der Waals surface area contributed by atoms with Crippen molar-refractivity contribution in [2.75, 3.05) is 19.2 Å². The number of carbonyl (C=O) groups excluding carboxylic acids is 1. The van der Waals surface area contributed by atoms with E-state index < -0.39 is 0 Å². The Morgan fingerprint density at radius 1 is 1.15 bits per heavy atom. The molecule has 4 rings (SSSR count). The molecular formula is C18H16N4O5. The molecule has 0 bridgehead atoms. The van der Waals surface area contributed by atoms with Crippen LogP contribution in [0.3, 0.4) is 0 Å². The summed E-state index contributed by atoms with van der Waals surface area (Å²) in [4.78, 5) is 16.2. The number of anilines is 1. The maximum atomic E-state index is 12.0. The largest absolute Gasteiger partial charge is 0.497 e. The lowest BCUT2D eigenvalue weighted by molar-refractivity contribution is 0.174. The van der Waals surface area contributed by atoms with Gasteiger partial charge in [-0.15, -0.1) is 0 Å². The molecule has 0 saturated carbocycles. The Balaban J connectivity index is 1.34. The molecule has 0 spiro atoms. The molecule has 2 N–H and O–H groups in total. The summed E-state index contributed by atoms with van der Waals surface area (Å²) in [5, 5.41) is 9.29. The van der Waals surface area contributed by atoms with E-state index in [0.29, 0.717) is 28.8 Å². The number of rotatable bonds is 5. The van der Waals surface area contributed by atoms with E-state index in [1.54, 1.807) is 43.5 Å². The van der Waals surface area contributed by atoms with E-state index in [9.17, 15) is 4.79 Å². The van der Waals surface area contributed by atoms with Crippen molar-refractivity contribution < 1.29 is 23.5 Å². The molecule has 0 fully saturated rings. The number of carbonyl (C=O) groups is 1. The van der Waals surface area contributed by atoms with E-state index in [1.807, 2.05) is 6.07 Å². The topological polar surface area (TPSA) is 108 Å². The first-order valence-electron chi connectivity index (χ1n) is 8.13. The average Bonchev–Trinajstić information content (AvgIpc) is 3.35. The number of amides is 2. The van der Waals surface area contributed by atoms with Crippen LogP contribution in [0.25, 0.3) is 11.4 Å². The summed E-state index contributed by atoms with van der Waals surface area (Å²) in [6, 6.07) is 12.0. The van der Waals surface area contributed by atoms with Crippen LogP contribution in [0.1, 0.15) is 5.89 Å². The van der Waals surface area contributed by atoms with E-state index in [-0.39, 0.29) is 25.3 Å². The molecule has 1 aliphatic heterocycles. The van der Waals surface area contributed by atoms with Crippen LogP contribution in [0.2, 0.25) is 0 Å². The zero-order valence-electron chi connectivity index (χ0n) is 14.4. The van der Waals surface area contributed by atoms with E-state index in [1.165, 1.54) is 0 Å². The first-order chi connectivity index (χ1) is 13.2. The first-order valence-corrected chi connectivity index (χ1v) is 8.13. The molecule has 9 nitrogen and oxygen atoms in total. The molecule has 2 aromatic carbocycles. The third kappa shape index (κ3) is 3.76. The molecule has 138 valence electrons. The quantitative estimate of drug-likeness (QED) is 0.713. The zero-order valence-corrected chi connectivity index (χ0v) is 14.4. The number of hydrogen-bond donors (Lipinski definition) is 2. The highest BCUT2D eigenvalue weighted by atomic mass is 16.7. The van der Waals surface area contributed by atoms with Crippen LogP contribution < -0.4 is 24.8 Å². The third-order valence-electron chi connectivity index (χ3n) is 3.85. The number of nitrogens with zero attached hydrogens (tertiary/aromatic N) is 2. The third-order valence-corrected chi connectivity index (χ3v) is 3.85. The number of methoxy groups -OCH3 is 1. The number of hydrogen-bond acceptors (Lipinski definition) is 7. The highest BCUT2D eigenvalue weighted by Crippen LogP contribution is 2.35. The minimum Gasteiger partial charge on any atom is -0.497 e. The summed E-state index contributed by atoms with van der Waals surface area (Å²) >= 11 is 0. The lowest BCUT2D eigenvalue weighted by Gasteiger charge is -2.06. The summed E-state index contributed by atoms with van der Waals surface area (Å²) in [6.07, 6.45) is 0. The van der Waals surface area contributed by atoms with E-state index in [2.05, 4.69) is 20.8 Å². The van der Waals surface area contributed by atoms with Crippen LogP contribution >= 0.6 is 0 Å². The van der Waals surface area contributed by atoms with Gasteiger partial charge in [0.2, 0.25) is 18.5 Å². The Labute approximate surface area is 154 Å². The smallest absolute Gasteiger partial charge is 0.319 e. The molecule has 27 heavy (non-hydrogen) atoms. The van der Waals surface area contributed by atoms with Crippen molar-refractivity contribution in [3.05, 3.63) is 48.4 Å². The summed E-state index contributed by atoms with van der Waals surface area (Å²) in [5.41, 5.74) is 1.37. The van der Waals surface area contributed by atoms with Crippen LogP contribution in [0.5, 0.6) is 17.2 Å². The van der Waals surface area contributed by atoms with Crippen molar-refractivity contribution in [2.24, 2.45) is 0 Å². The fourth-order valence-electron chi connectivity index (χ4n) is 2.49. The van der Waals surface area contributed by atoms with Gasteiger partial charge in [-0.05, 0) is 42.5 Å². The summed E-state index contributed by atoms with van der Waals surface area (Å²) < 4.78 is 20.9.